The van der Waals surface area contributed by atoms with E-state index in [1.807, 2.05) is 25.2 Å². The first-order valence-corrected chi connectivity index (χ1v) is 9.16. The topological polar surface area (TPSA) is 26.3 Å². The van der Waals surface area contributed by atoms with Crippen LogP contribution in [0, 0.1) is 5.92 Å². The molecule has 0 N–H and O–H groups in total. The van der Waals surface area contributed by atoms with Crippen molar-refractivity contribution in [3.05, 3.63) is 24.3 Å². The first-order valence-electron chi connectivity index (χ1n) is 9.16. The quantitative estimate of drug-likeness (QED) is 0.347. The molecule has 2 heteroatoms. The Kier molecular flexibility index (Phi) is 9.19. The average molecular weight is 306 g/mol. The highest BCUT2D eigenvalue weighted by molar-refractivity contribution is 5.70. The van der Waals surface area contributed by atoms with E-state index in [4.69, 9.17) is 4.74 Å². The molecular weight excluding hydrogens is 272 g/mol. The summed E-state index contributed by atoms with van der Waals surface area (Å²) in [5.74, 6) is 0.182. The third-order valence-corrected chi connectivity index (χ3v) is 4.66. The molecule has 0 saturated heterocycles. The van der Waals surface area contributed by atoms with Gasteiger partial charge in [0.15, 0.2) is 0 Å². The lowest BCUT2D eigenvalue weighted by Crippen LogP contribution is -2.36. The maximum Gasteiger partial charge on any atom is 0.306 e. The van der Waals surface area contributed by atoms with E-state index in [2.05, 4.69) is 19.9 Å². The molecule has 0 aromatic carbocycles. The van der Waals surface area contributed by atoms with E-state index in [0.29, 0.717) is 6.42 Å². The van der Waals surface area contributed by atoms with E-state index in [1.54, 1.807) is 0 Å². The van der Waals surface area contributed by atoms with Crippen molar-refractivity contribution in [1.82, 2.24) is 0 Å². The molecule has 2 unspecified atom stereocenters. The van der Waals surface area contributed by atoms with Gasteiger partial charge in [0.05, 0.1) is 0 Å². The summed E-state index contributed by atoms with van der Waals surface area (Å²) in [6.45, 7) is 6.33. The molecule has 2 nitrogen and oxygen atoms in total. The number of unbranched alkanes of at least 4 members (excludes halogenated alkanes) is 8. The summed E-state index contributed by atoms with van der Waals surface area (Å²) in [6.07, 6.45) is 20.0. The molecule has 0 fully saturated rings. The molecule has 1 aliphatic rings. The summed E-state index contributed by atoms with van der Waals surface area (Å²) >= 11 is 0. The third-order valence-electron chi connectivity index (χ3n) is 4.66. The summed E-state index contributed by atoms with van der Waals surface area (Å²) < 4.78 is 5.69. The van der Waals surface area contributed by atoms with Crippen LogP contribution in [-0.4, -0.2) is 11.6 Å². The molecule has 0 bridgehead atoms. The smallest absolute Gasteiger partial charge is 0.306 e. The molecule has 0 heterocycles. The summed E-state index contributed by atoms with van der Waals surface area (Å²) in [5.41, 5.74) is -0.467. The minimum absolute atomic E-state index is 0.0581. The van der Waals surface area contributed by atoms with Crippen molar-refractivity contribution < 1.29 is 9.53 Å². The number of hydrogen-bond donors (Lipinski definition) is 0. The molecule has 1 aliphatic carbocycles. The van der Waals surface area contributed by atoms with E-state index in [9.17, 15) is 4.79 Å². The van der Waals surface area contributed by atoms with Crippen LogP contribution in [0.4, 0.5) is 0 Å². The summed E-state index contributed by atoms with van der Waals surface area (Å²) in [4.78, 5) is 12.0. The Hall–Kier alpha value is -1.05. The molecule has 0 amide bonds. The summed E-state index contributed by atoms with van der Waals surface area (Å²) in [6, 6.07) is 0. The highest BCUT2D eigenvalue weighted by Crippen LogP contribution is 2.28. The Morgan fingerprint density at radius 2 is 1.59 bits per heavy atom. The fraction of sp³-hybridized carbons (Fsp3) is 0.750. The van der Waals surface area contributed by atoms with E-state index >= 15 is 0 Å². The van der Waals surface area contributed by atoms with Crippen LogP contribution in [0.25, 0.3) is 0 Å². The van der Waals surface area contributed by atoms with Crippen LogP contribution < -0.4 is 0 Å². The van der Waals surface area contributed by atoms with Crippen molar-refractivity contribution in [2.75, 3.05) is 0 Å². The van der Waals surface area contributed by atoms with Crippen LogP contribution in [-0.2, 0) is 9.53 Å². The minimum Gasteiger partial charge on any atom is -0.454 e. The van der Waals surface area contributed by atoms with Gasteiger partial charge in [-0.05, 0) is 19.4 Å². The van der Waals surface area contributed by atoms with Gasteiger partial charge in [0.25, 0.3) is 0 Å². The van der Waals surface area contributed by atoms with Gasteiger partial charge in [-0.3, -0.25) is 4.79 Å². The maximum absolute atomic E-state index is 12.0. The largest absolute Gasteiger partial charge is 0.454 e. The molecule has 126 valence electrons. The molecule has 22 heavy (non-hydrogen) atoms. The standard InChI is InChI=1S/C20H34O2/c1-4-5-6-7-8-9-10-11-12-16-19(21)22-20(3)17-14-13-15-18(20)2/h13-15,17-18H,4-12,16H2,1-3H3. The first kappa shape index (κ1) is 19.0. The van der Waals surface area contributed by atoms with Crippen LogP contribution in [0.15, 0.2) is 24.3 Å². The van der Waals surface area contributed by atoms with Gasteiger partial charge < -0.3 is 4.74 Å². The second-order valence-corrected chi connectivity index (χ2v) is 6.77. The monoisotopic (exact) mass is 306 g/mol. The second kappa shape index (κ2) is 10.6. The van der Waals surface area contributed by atoms with Crippen molar-refractivity contribution in [2.45, 2.75) is 90.6 Å². The predicted octanol–water partition coefficient (Wildman–Crippen LogP) is 5.97. The number of hydrogen-bond acceptors (Lipinski definition) is 2. The second-order valence-electron chi connectivity index (χ2n) is 6.77. The SMILES string of the molecule is CCCCCCCCCCCC(=O)OC1(C)C=CC=CC1C. The lowest BCUT2D eigenvalue weighted by Gasteiger charge is -2.32. The van der Waals surface area contributed by atoms with Crippen molar-refractivity contribution >= 4 is 5.97 Å². The van der Waals surface area contributed by atoms with Crippen LogP contribution in [0.2, 0.25) is 0 Å². The molecule has 0 aromatic rings. The fourth-order valence-electron chi connectivity index (χ4n) is 2.82. The molecule has 0 aromatic heterocycles. The molecular formula is C20H34O2. The van der Waals surface area contributed by atoms with Crippen LogP contribution in [0.1, 0.15) is 85.0 Å². The Morgan fingerprint density at radius 1 is 1.00 bits per heavy atom. The number of esters is 1. The summed E-state index contributed by atoms with van der Waals surface area (Å²) in [7, 11) is 0. The molecule has 1 rings (SSSR count). The average Bonchev–Trinajstić information content (AvgIpc) is 2.49. The fourth-order valence-corrected chi connectivity index (χ4v) is 2.82. The van der Waals surface area contributed by atoms with Gasteiger partial charge >= 0.3 is 5.97 Å². The minimum atomic E-state index is -0.467. The molecule has 0 aliphatic heterocycles. The van der Waals surface area contributed by atoms with Gasteiger partial charge in [0.1, 0.15) is 5.60 Å². The van der Waals surface area contributed by atoms with Gasteiger partial charge in [-0.25, -0.2) is 0 Å². The molecule has 2 atom stereocenters. The number of carbonyl (C=O) groups excluding carboxylic acids is 1. The number of rotatable bonds is 11. The normalized spacial score (nSPS) is 23.7. The van der Waals surface area contributed by atoms with E-state index in [-0.39, 0.29) is 11.9 Å². The zero-order valence-electron chi connectivity index (χ0n) is 14.8. The van der Waals surface area contributed by atoms with Gasteiger partial charge in [0, 0.05) is 12.3 Å². The zero-order chi connectivity index (χ0) is 16.3. The van der Waals surface area contributed by atoms with E-state index in [1.165, 1.54) is 44.9 Å². The van der Waals surface area contributed by atoms with Gasteiger partial charge in [-0.1, -0.05) is 83.4 Å². The van der Waals surface area contributed by atoms with Crippen molar-refractivity contribution in [2.24, 2.45) is 5.92 Å². The van der Waals surface area contributed by atoms with Gasteiger partial charge in [0.2, 0.25) is 0 Å². The van der Waals surface area contributed by atoms with Crippen molar-refractivity contribution in [1.29, 1.82) is 0 Å². The third kappa shape index (κ3) is 7.29. The molecule has 0 radical (unpaired) electrons. The zero-order valence-corrected chi connectivity index (χ0v) is 14.8. The first-order chi connectivity index (χ1) is 10.6. The lowest BCUT2D eigenvalue weighted by molar-refractivity contribution is -0.156. The lowest BCUT2D eigenvalue weighted by atomic mass is 9.87. The van der Waals surface area contributed by atoms with Gasteiger partial charge in [-0.15, -0.1) is 0 Å². The number of ether oxygens (including phenoxy) is 1. The maximum atomic E-state index is 12.0. The Bertz CT molecular complexity index is 370. The Morgan fingerprint density at radius 3 is 2.18 bits per heavy atom. The summed E-state index contributed by atoms with van der Waals surface area (Å²) in [5, 5.41) is 0. The Balaban J connectivity index is 2.04. The van der Waals surface area contributed by atoms with Crippen LogP contribution in [0.5, 0.6) is 0 Å². The van der Waals surface area contributed by atoms with Gasteiger partial charge in [-0.2, -0.15) is 0 Å². The highest BCUT2D eigenvalue weighted by Gasteiger charge is 2.32. The van der Waals surface area contributed by atoms with Crippen LogP contribution in [0.3, 0.4) is 0 Å². The van der Waals surface area contributed by atoms with Crippen molar-refractivity contribution in [3.63, 3.8) is 0 Å². The van der Waals surface area contributed by atoms with E-state index in [0.717, 1.165) is 12.8 Å². The Labute approximate surface area is 137 Å². The van der Waals surface area contributed by atoms with Crippen molar-refractivity contribution in [3.8, 4) is 0 Å². The predicted molar refractivity (Wildman–Crippen MR) is 93.8 cm³/mol. The van der Waals surface area contributed by atoms with E-state index < -0.39 is 5.60 Å². The number of carbonyl (C=O) groups is 1. The molecule has 0 saturated carbocycles. The van der Waals surface area contributed by atoms with Crippen LogP contribution >= 0.6 is 0 Å². The number of allylic oxidation sites excluding steroid dienone is 2. The highest BCUT2D eigenvalue weighted by atomic mass is 16.6. The molecule has 0 spiro atoms.